The van der Waals surface area contributed by atoms with Crippen LogP contribution >= 0.6 is 0 Å². The zero-order valence-electron chi connectivity index (χ0n) is 11.7. The lowest BCUT2D eigenvalue weighted by molar-refractivity contribution is -0.120. The van der Waals surface area contributed by atoms with Gasteiger partial charge in [0.05, 0.1) is 18.2 Å². The Balaban J connectivity index is 2.09. The third kappa shape index (κ3) is 3.73. The SMILES string of the molecule is O=C(Cc1ccc(F)cc1)N/N=C\c1c(F)c(F)c(F)c(F)c1F. The molecule has 0 spiro atoms. The summed E-state index contributed by atoms with van der Waals surface area (Å²) >= 11 is 0. The van der Waals surface area contributed by atoms with E-state index >= 15 is 0 Å². The van der Waals surface area contributed by atoms with E-state index in [1.807, 2.05) is 5.43 Å². The fraction of sp³-hybridized carbons (Fsp3) is 0.0667. The van der Waals surface area contributed by atoms with Gasteiger partial charge in [-0.15, -0.1) is 0 Å². The van der Waals surface area contributed by atoms with Crippen LogP contribution in [0.25, 0.3) is 0 Å². The van der Waals surface area contributed by atoms with E-state index in [0.717, 1.165) is 12.1 Å². The largest absolute Gasteiger partial charge is 0.273 e. The Hall–Kier alpha value is -2.84. The summed E-state index contributed by atoms with van der Waals surface area (Å²) in [4.78, 5) is 11.5. The summed E-state index contributed by atoms with van der Waals surface area (Å²) in [5.41, 5.74) is 1.01. The van der Waals surface area contributed by atoms with Crippen LogP contribution in [0, 0.1) is 34.9 Å². The topological polar surface area (TPSA) is 41.5 Å². The maximum Gasteiger partial charge on any atom is 0.244 e. The second-order valence-corrected chi connectivity index (χ2v) is 4.58. The smallest absolute Gasteiger partial charge is 0.244 e. The van der Waals surface area contributed by atoms with Crippen molar-refractivity contribution in [3.05, 3.63) is 70.3 Å². The van der Waals surface area contributed by atoms with Crippen LogP contribution in [0.1, 0.15) is 11.1 Å². The van der Waals surface area contributed by atoms with Gasteiger partial charge >= 0.3 is 0 Å². The van der Waals surface area contributed by atoms with Gasteiger partial charge in [-0.05, 0) is 17.7 Å². The van der Waals surface area contributed by atoms with Gasteiger partial charge in [0.25, 0.3) is 0 Å². The van der Waals surface area contributed by atoms with Crippen LogP contribution in [-0.2, 0) is 11.2 Å². The van der Waals surface area contributed by atoms with Crippen molar-refractivity contribution in [3.63, 3.8) is 0 Å². The van der Waals surface area contributed by atoms with Gasteiger partial charge in [-0.1, -0.05) is 12.1 Å². The lowest BCUT2D eigenvalue weighted by Gasteiger charge is -2.04. The standard InChI is InChI=1S/C15H8F6N2O/c16-8-3-1-7(2-4-8)5-10(24)23-22-6-9-11(17)13(19)15(21)14(20)12(9)18/h1-4,6H,5H2,(H,23,24)/b22-6-. The number of amides is 1. The van der Waals surface area contributed by atoms with Crippen LogP contribution in [0.2, 0.25) is 0 Å². The van der Waals surface area contributed by atoms with E-state index in [9.17, 15) is 31.1 Å². The van der Waals surface area contributed by atoms with Crippen molar-refractivity contribution in [1.82, 2.24) is 5.43 Å². The highest BCUT2D eigenvalue weighted by Crippen LogP contribution is 2.21. The molecule has 0 saturated heterocycles. The van der Waals surface area contributed by atoms with E-state index in [1.54, 1.807) is 0 Å². The molecule has 3 nitrogen and oxygen atoms in total. The number of rotatable bonds is 4. The Morgan fingerprint density at radius 3 is 1.92 bits per heavy atom. The van der Waals surface area contributed by atoms with Gasteiger partial charge in [0, 0.05) is 0 Å². The van der Waals surface area contributed by atoms with Crippen LogP contribution < -0.4 is 5.43 Å². The predicted molar refractivity (Wildman–Crippen MR) is 72.1 cm³/mol. The summed E-state index contributed by atoms with van der Waals surface area (Å²) in [6.07, 6.45) is 0.0769. The summed E-state index contributed by atoms with van der Waals surface area (Å²) in [5, 5.41) is 3.15. The molecule has 0 unspecified atom stereocenters. The first-order valence-corrected chi connectivity index (χ1v) is 6.39. The second-order valence-electron chi connectivity index (χ2n) is 4.58. The van der Waals surface area contributed by atoms with Crippen molar-refractivity contribution >= 4 is 12.1 Å². The summed E-state index contributed by atoms with van der Waals surface area (Å²) in [6, 6.07) is 4.92. The molecule has 24 heavy (non-hydrogen) atoms. The number of nitrogens with zero attached hydrogens (tertiary/aromatic N) is 1. The zero-order valence-corrected chi connectivity index (χ0v) is 11.7. The third-order valence-corrected chi connectivity index (χ3v) is 2.90. The molecule has 9 heteroatoms. The number of hydrogen-bond acceptors (Lipinski definition) is 2. The number of hydrogen-bond donors (Lipinski definition) is 1. The minimum Gasteiger partial charge on any atom is -0.273 e. The van der Waals surface area contributed by atoms with Crippen LogP contribution in [0.4, 0.5) is 26.3 Å². The minimum absolute atomic E-state index is 0.227. The highest BCUT2D eigenvalue weighted by atomic mass is 19.2. The van der Waals surface area contributed by atoms with Gasteiger partial charge in [0.2, 0.25) is 11.7 Å². The lowest BCUT2D eigenvalue weighted by Crippen LogP contribution is -2.20. The van der Waals surface area contributed by atoms with Crippen molar-refractivity contribution in [2.45, 2.75) is 6.42 Å². The Morgan fingerprint density at radius 2 is 1.38 bits per heavy atom. The Labute approximate surface area is 131 Å². The van der Waals surface area contributed by atoms with E-state index in [2.05, 4.69) is 5.10 Å². The summed E-state index contributed by atoms with van der Waals surface area (Å²) in [6.45, 7) is 0. The van der Waals surface area contributed by atoms with Gasteiger partial charge < -0.3 is 0 Å². The first kappa shape index (κ1) is 17.5. The minimum atomic E-state index is -2.29. The average molecular weight is 346 g/mol. The molecule has 126 valence electrons. The normalized spacial score (nSPS) is 11.1. The van der Waals surface area contributed by atoms with Crippen molar-refractivity contribution in [2.75, 3.05) is 0 Å². The first-order chi connectivity index (χ1) is 11.3. The average Bonchev–Trinajstić information content (AvgIpc) is 2.56. The molecule has 0 radical (unpaired) electrons. The molecule has 0 aromatic heterocycles. The Bertz CT molecular complexity index is 776. The molecule has 2 rings (SSSR count). The molecule has 0 aliphatic carbocycles. The van der Waals surface area contributed by atoms with E-state index in [1.165, 1.54) is 12.1 Å². The summed E-state index contributed by atoms with van der Waals surface area (Å²) in [5.74, 6) is -11.9. The van der Waals surface area contributed by atoms with E-state index in [0.29, 0.717) is 11.8 Å². The Morgan fingerprint density at radius 1 is 0.875 bits per heavy atom. The maximum atomic E-state index is 13.4. The first-order valence-electron chi connectivity index (χ1n) is 6.39. The monoisotopic (exact) mass is 346 g/mol. The number of halogens is 6. The highest BCUT2D eigenvalue weighted by molar-refractivity contribution is 5.83. The van der Waals surface area contributed by atoms with Crippen LogP contribution in [-0.4, -0.2) is 12.1 Å². The number of benzene rings is 2. The number of nitrogens with one attached hydrogen (secondary N) is 1. The molecular weight excluding hydrogens is 338 g/mol. The van der Waals surface area contributed by atoms with E-state index in [4.69, 9.17) is 0 Å². The van der Waals surface area contributed by atoms with Gasteiger partial charge in [-0.25, -0.2) is 31.8 Å². The van der Waals surface area contributed by atoms with Gasteiger partial charge in [0.15, 0.2) is 23.3 Å². The van der Waals surface area contributed by atoms with E-state index < -0.39 is 46.4 Å². The fourth-order valence-corrected chi connectivity index (χ4v) is 1.73. The molecule has 0 fully saturated rings. The predicted octanol–water partition coefficient (Wildman–Crippen LogP) is 3.21. The molecule has 0 aliphatic heterocycles. The number of hydrazone groups is 1. The molecule has 1 N–H and O–H groups in total. The molecule has 0 bridgehead atoms. The Kier molecular flexibility index (Phi) is 5.22. The maximum absolute atomic E-state index is 13.4. The zero-order chi connectivity index (χ0) is 17.9. The summed E-state index contributed by atoms with van der Waals surface area (Å²) < 4.78 is 78.2. The van der Waals surface area contributed by atoms with Gasteiger partial charge in [-0.3, -0.25) is 4.79 Å². The number of carbonyl (C=O) groups excluding carboxylic acids is 1. The molecule has 0 atom stereocenters. The lowest BCUT2D eigenvalue weighted by atomic mass is 10.1. The van der Waals surface area contributed by atoms with Crippen LogP contribution in [0.3, 0.4) is 0 Å². The fourth-order valence-electron chi connectivity index (χ4n) is 1.73. The molecule has 0 saturated carbocycles. The second kappa shape index (κ2) is 7.16. The quantitative estimate of drug-likeness (QED) is 0.298. The third-order valence-electron chi connectivity index (χ3n) is 2.90. The van der Waals surface area contributed by atoms with Crippen molar-refractivity contribution < 1.29 is 31.1 Å². The van der Waals surface area contributed by atoms with Crippen molar-refractivity contribution in [3.8, 4) is 0 Å². The van der Waals surface area contributed by atoms with Crippen LogP contribution in [0.15, 0.2) is 29.4 Å². The highest BCUT2D eigenvalue weighted by Gasteiger charge is 2.24. The van der Waals surface area contributed by atoms with Crippen molar-refractivity contribution in [2.24, 2.45) is 5.10 Å². The van der Waals surface area contributed by atoms with Crippen LogP contribution in [0.5, 0.6) is 0 Å². The molecule has 1 amide bonds. The summed E-state index contributed by atoms with van der Waals surface area (Å²) in [7, 11) is 0. The molecule has 2 aromatic carbocycles. The molecule has 0 aliphatic rings. The molecule has 2 aromatic rings. The van der Waals surface area contributed by atoms with Crippen molar-refractivity contribution in [1.29, 1.82) is 0 Å². The molecular formula is C15H8F6N2O. The molecule has 0 heterocycles. The van der Waals surface area contributed by atoms with Gasteiger partial charge in [-0.2, -0.15) is 5.10 Å². The number of carbonyl (C=O) groups is 1. The van der Waals surface area contributed by atoms with E-state index in [-0.39, 0.29) is 6.42 Å². The van der Waals surface area contributed by atoms with Gasteiger partial charge in [0.1, 0.15) is 5.82 Å².